The van der Waals surface area contributed by atoms with Gasteiger partial charge in [-0.1, -0.05) is 13.3 Å². The second-order valence-electron chi connectivity index (χ2n) is 6.87. The first-order chi connectivity index (χ1) is 12.7. The molecule has 0 spiro atoms. The third-order valence-corrected chi connectivity index (χ3v) is 4.92. The van der Waals surface area contributed by atoms with E-state index in [2.05, 4.69) is 12.2 Å². The number of amides is 2. The Bertz CT molecular complexity index is 714. The van der Waals surface area contributed by atoms with Crippen molar-refractivity contribution in [3.63, 3.8) is 0 Å². The van der Waals surface area contributed by atoms with E-state index in [0.29, 0.717) is 25.1 Å². The van der Waals surface area contributed by atoms with E-state index < -0.39 is 0 Å². The SMILES string of the molecule is CCCCC(=O)NC1CCN(C(=O)c2ccc(-n3cccc3)cc2)CC1. The molecule has 0 atom stereocenters. The number of rotatable bonds is 6. The number of hydrogen-bond donors (Lipinski definition) is 1. The molecule has 0 saturated carbocycles. The van der Waals surface area contributed by atoms with Crippen molar-refractivity contribution in [1.29, 1.82) is 0 Å². The number of unbranched alkanes of at least 4 members (excludes halogenated alkanes) is 1. The van der Waals surface area contributed by atoms with Crippen LogP contribution in [-0.4, -0.2) is 40.4 Å². The summed E-state index contributed by atoms with van der Waals surface area (Å²) in [5, 5.41) is 3.10. The van der Waals surface area contributed by atoms with Crippen molar-refractivity contribution < 1.29 is 9.59 Å². The monoisotopic (exact) mass is 353 g/mol. The van der Waals surface area contributed by atoms with Crippen molar-refractivity contribution >= 4 is 11.8 Å². The van der Waals surface area contributed by atoms with Gasteiger partial charge in [0.1, 0.15) is 0 Å². The van der Waals surface area contributed by atoms with E-state index in [9.17, 15) is 9.59 Å². The number of nitrogens with zero attached hydrogens (tertiary/aromatic N) is 2. The Morgan fingerprint density at radius 1 is 1.08 bits per heavy atom. The zero-order valence-electron chi connectivity index (χ0n) is 15.4. The Hall–Kier alpha value is -2.56. The van der Waals surface area contributed by atoms with Crippen molar-refractivity contribution in [2.45, 2.75) is 45.1 Å². The molecule has 2 heterocycles. The summed E-state index contributed by atoms with van der Waals surface area (Å²) in [5.41, 5.74) is 1.76. The standard InChI is InChI=1S/C21H27N3O2/c1-2-3-6-20(25)22-18-11-15-24(16-12-18)21(26)17-7-9-19(10-8-17)23-13-4-5-14-23/h4-5,7-10,13-14,18H,2-3,6,11-12,15-16H2,1H3,(H,22,25). The number of nitrogens with one attached hydrogen (secondary N) is 1. The average molecular weight is 353 g/mol. The lowest BCUT2D eigenvalue weighted by Crippen LogP contribution is -2.46. The highest BCUT2D eigenvalue weighted by atomic mass is 16.2. The maximum absolute atomic E-state index is 12.7. The zero-order valence-corrected chi connectivity index (χ0v) is 15.4. The van der Waals surface area contributed by atoms with Gasteiger partial charge in [0.25, 0.3) is 5.91 Å². The summed E-state index contributed by atoms with van der Waals surface area (Å²) in [7, 11) is 0. The second-order valence-corrected chi connectivity index (χ2v) is 6.87. The van der Waals surface area contributed by atoms with Crippen LogP contribution in [-0.2, 0) is 4.79 Å². The van der Waals surface area contributed by atoms with E-state index in [1.807, 2.05) is 58.3 Å². The van der Waals surface area contributed by atoms with E-state index in [1.165, 1.54) is 0 Å². The largest absolute Gasteiger partial charge is 0.353 e. The normalized spacial score (nSPS) is 15.0. The third kappa shape index (κ3) is 4.54. The molecule has 1 aliphatic heterocycles. The van der Waals surface area contributed by atoms with Crippen molar-refractivity contribution in [3.05, 3.63) is 54.4 Å². The molecule has 3 rings (SSSR count). The highest BCUT2D eigenvalue weighted by Gasteiger charge is 2.24. The fraction of sp³-hybridized carbons (Fsp3) is 0.429. The Balaban J connectivity index is 1.51. The van der Waals surface area contributed by atoms with Crippen LogP contribution in [0.2, 0.25) is 0 Å². The van der Waals surface area contributed by atoms with E-state index in [0.717, 1.165) is 31.4 Å². The molecule has 0 radical (unpaired) electrons. The molecule has 5 nitrogen and oxygen atoms in total. The number of carbonyl (C=O) groups excluding carboxylic acids is 2. The van der Waals surface area contributed by atoms with Gasteiger partial charge in [0.2, 0.25) is 5.91 Å². The first-order valence-electron chi connectivity index (χ1n) is 9.49. The lowest BCUT2D eigenvalue weighted by Gasteiger charge is -2.32. The highest BCUT2D eigenvalue weighted by Crippen LogP contribution is 2.16. The predicted octanol–water partition coefficient (Wildman–Crippen LogP) is 3.39. The van der Waals surface area contributed by atoms with Crippen LogP contribution in [0.4, 0.5) is 0 Å². The number of likely N-dealkylation sites (tertiary alicyclic amines) is 1. The molecule has 0 bridgehead atoms. The summed E-state index contributed by atoms with van der Waals surface area (Å²) in [6.07, 6.45) is 8.18. The van der Waals surface area contributed by atoms with Gasteiger partial charge in [0, 0.05) is 49.2 Å². The van der Waals surface area contributed by atoms with Crippen LogP contribution in [0.15, 0.2) is 48.8 Å². The average Bonchev–Trinajstić information content (AvgIpc) is 3.21. The van der Waals surface area contributed by atoms with Gasteiger partial charge in [-0.3, -0.25) is 9.59 Å². The summed E-state index contributed by atoms with van der Waals surface area (Å²) in [6.45, 7) is 3.47. The Morgan fingerprint density at radius 2 is 1.73 bits per heavy atom. The smallest absolute Gasteiger partial charge is 0.253 e. The molecular weight excluding hydrogens is 326 g/mol. The first kappa shape index (κ1) is 18.2. The first-order valence-corrected chi connectivity index (χ1v) is 9.49. The number of aromatic nitrogens is 1. The van der Waals surface area contributed by atoms with Crippen molar-refractivity contribution in [3.8, 4) is 5.69 Å². The summed E-state index contributed by atoms with van der Waals surface area (Å²) in [4.78, 5) is 26.4. The maximum Gasteiger partial charge on any atom is 0.253 e. The van der Waals surface area contributed by atoms with Crippen LogP contribution in [0.3, 0.4) is 0 Å². The number of carbonyl (C=O) groups is 2. The molecule has 1 N–H and O–H groups in total. The van der Waals surface area contributed by atoms with Crippen molar-refractivity contribution in [2.75, 3.05) is 13.1 Å². The van der Waals surface area contributed by atoms with E-state index in [4.69, 9.17) is 0 Å². The van der Waals surface area contributed by atoms with Gasteiger partial charge in [0.05, 0.1) is 0 Å². The minimum Gasteiger partial charge on any atom is -0.353 e. The Morgan fingerprint density at radius 3 is 2.35 bits per heavy atom. The van der Waals surface area contributed by atoms with Gasteiger partial charge in [-0.25, -0.2) is 0 Å². The van der Waals surface area contributed by atoms with Gasteiger partial charge < -0.3 is 14.8 Å². The van der Waals surface area contributed by atoms with Gasteiger partial charge in [-0.2, -0.15) is 0 Å². The molecule has 1 fully saturated rings. The van der Waals surface area contributed by atoms with Gasteiger partial charge in [-0.15, -0.1) is 0 Å². The Labute approximate surface area is 155 Å². The van der Waals surface area contributed by atoms with Crippen LogP contribution in [0.5, 0.6) is 0 Å². The van der Waals surface area contributed by atoms with Gasteiger partial charge in [0.15, 0.2) is 0 Å². The van der Waals surface area contributed by atoms with Crippen LogP contribution < -0.4 is 5.32 Å². The molecule has 2 amide bonds. The second kappa shape index (κ2) is 8.70. The molecule has 2 aromatic rings. The minimum absolute atomic E-state index is 0.0693. The van der Waals surface area contributed by atoms with E-state index >= 15 is 0 Å². The molecular formula is C21H27N3O2. The highest BCUT2D eigenvalue weighted by molar-refractivity contribution is 5.94. The van der Waals surface area contributed by atoms with Crippen molar-refractivity contribution in [2.24, 2.45) is 0 Å². The van der Waals surface area contributed by atoms with Crippen LogP contribution in [0, 0.1) is 0 Å². The third-order valence-electron chi connectivity index (χ3n) is 4.92. The van der Waals surface area contributed by atoms with Crippen LogP contribution in [0.1, 0.15) is 49.4 Å². The van der Waals surface area contributed by atoms with Gasteiger partial charge in [-0.05, 0) is 55.7 Å². The molecule has 0 unspecified atom stereocenters. The molecule has 1 aromatic heterocycles. The molecule has 26 heavy (non-hydrogen) atoms. The molecule has 1 saturated heterocycles. The number of hydrogen-bond acceptors (Lipinski definition) is 2. The van der Waals surface area contributed by atoms with Crippen LogP contribution in [0.25, 0.3) is 5.69 Å². The molecule has 1 aromatic carbocycles. The topological polar surface area (TPSA) is 54.3 Å². The predicted molar refractivity (Wildman–Crippen MR) is 102 cm³/mol. The zero-order chi connectivity index (χ0) is 18.4. The molecule has 138 valence electrons. The lowest BCUT2D eigenvalue weighted by molar-refractivity contribution is -0.122. The van der Waals surface area contributed by atoms with Crippen molar-refractivity contribution in [1.82, 2.24) is 14.8 Å². The minimum atomic E-state index is 0.0693. The lowest BCUT2D eigenvalue weighted by atomic mass is 10.0. The summed E-state index contributed by atoms with van der Waals surface area (Å²) < 4.78 is 2.01. The van der Waals surface area contributed by atoms with Gasteiger partial charge >= 0.3 is 0 Å². The summed E-state index contributed by atoms with van der Waals surface area (Å²) >= 11 is 0. The molecule has 5 heteroatoms. The summed E-state index contributed by atoms with van der Waals surface area (Å²) in [6, 6.07) is 11.8. The van der Waals surface area contributed by atoms with E-state index in [-0.39, 0.29) is 17.9 Å². The molecule has 1 aliphatic rings. The fourth-order valence-corrected chi connectivity index (χ4v) is 3.33. The number of piperidine rings is 1. The summed E-state index contributed by atoms with van der Waals surface area (Å²) in [5.74, 6) is 0.206. The fourth-order valence-electron chi connectivity index (χ4n) is 3.33. The van der Waals surface area contributed by atoms with Crippen LogP contribution >= 0.6 is 0 Å². The number of benzene rings is 1. The quantitative estimate of drug-likeness (QED) is 0.865. The maximum atomic E-state index is 12.7. The van der Waals surface area contributed by atoms with E-state index in [1.54, 1.807) is 0 Å². The Kier molecular flexibility index (Phi) is 6.10. The molecule has 0 aliphatic carbocycles.